The van der Waals surface area contributed by atoms with Crippen molar-refractivity contribution >= 4 is 19.6 Å². The molecule has 3 aromatic carbocycles. The molecular weight excluding hydrogens is 323 g/mol. The van der Waals surface area contributed by atoms with Crippen LogP contribution in [0.3, 0.4) is 0 Å². The topological polar surface area (TPSA) is 98.6 Å². The zero-order valence-corrected chi connectivity index (χ0v) is 13.6. The number of anilines is 2. The highest BCUT2D eigenvalue weighted by atomic mass is 31.1. The first-order chi connectivity index (χ1) is 11.6. The summed E-state index contributed by atoms with van der Waals surface area (Å²) in [6.45, 7) is 0. The van der Waals surface area contributed by atoms with E-state index in [2.05, 4.69) is 0 Å². The molecule has 0 spiro atoms. The normalized spacial score (nSPS) is 11.1. The maximum absolute atomic E-state index is 11.2. The van der Waals surface area contributed by atoms with Crippen LogP contribution in [-0.2, 0) is 4.57 Å². The first-order valence-electron chi connectivity index (χ1n) is 7.24. The minimum absolute atomic E-state index is 0.288. The van der Waals surface area contributed by atoms with Crippen LogP contribution in [0.25, 0.3) is 22.3 Å². The van der Waals surface area contributed by atoms with E-state index >= 15 is 0 Å². The summed E-state index contributed by atoms with van der Waals surface area (Å²) in [7, 11) is -2.80. The van der Waals surface area contributed by atoms with Crippen LogP contribution in [0, 0.1) is 0 Å². The molecule has 0 saturated carbocycles. The highest BCUT2D eigenvalue weighted by Crippen LogP contribution is 2.44. The van der Waals surface area contributed by atoms with Gasteiger partial charge in [0.05, 0.1) is 0 Å². The average molecular weight is 339 g/mol. The van der Waals surface area contributed by atoms with Crippen molar-refractivity contribution < 1.29 is 14.0 Å². The summed E-state index contributed by atoms with van der Waals surface area (Å²) in [5.41, 5.74) is 16.2. The second-order valence-corrected chi connectivity index (χ2v) is 5.88. The van der Waals surface area contributed by atoms with Crippen LogP contribution in [0.2, 0.25) is 0 Å². The number of rotatable bonds is 4. The fraction of sp³-hybridized carbons (Fsp3) is 0. The molecule has 0 fully saturated rings. The van der Waals surface area contributed by atoms with Crippen molar-refractivity contribution in [3.63, 3.8) is 0 Å². The zero-order valence-electron chi connectivity index (χ0n) is 12.7. The third kappa shape index (κ3) is 3.23. The summed E-state index contributed by atoms with van der Waals surface area (Å²) in [5, 5.41) is 0. The Morgan fingerprint density at radius 3 is 2.04 bits per heavy atom. The maximum atomic E-state index is 11.2. The minimum Gasteiger partial charge on any atom is -0.399 e. The Labute approximate surface area is 140 Å². The van der Waals surface area contributed by atoms with Gasteiger partial charge in [0.25, 0.3) is 0 Å². The Morgan fingerprint density at radius 2 is 1.42 bits per heavy atom. The summed E-state index contributed by atoms with van der Waals surface area (Å²) in [6, 6.07) is 20.0. The lowest BCUT2D eigenvalue weighted by atomic mass is 9.92. The SMILES string of the molecule is Nc1ccc(-c2c(O[P+](=O)O)ccc(N)c2-c2ccccc2)cc1. The van der Waals surface area contributed by atoms with Gasteiger partial charge in [-0.3, -0.25) is 0 Å². The van der Waals surface area contributed by atoms with Crippen LogP contribution in [0.15, 0.2) is 66.7 Å². The minimum atomic E-state index is -2.80. The standard InChI is InChI=1S/C18H15N2O3P/c19-14-8-6-13(7-9-14)18-16(23-24(21)22)11-10-15(20)17(18)12-4-2-1-3-5-12/h1-11H,19-20H2/p+1. The Balaban J connectivity index is 2.31. The van der Waals surface area contributed by atoms with Crippen molar-refractivity contribution in [2.45, 2.75) is 0 Å². The van der Waals surface area contributed by atoms with Crippen molar-refractivity contribution in [2.75, 3.05) is 11.5 Å². The van der Waals surface area contributed by atoms with Crippen LogP contribution in [0.4, 0.5) is 11.4 Å². The maximum Gasteiger partial charge on any atom is 0.747 e. The van der Waals surface area contributed by atoms with E-state index in [0.29, 0.717) is 16.9 Å². The van der Waals surface area contributed by atoms with Crippen molar-refractivity contribution in [1.29, 1.82) is 0 Å². The lowest BCUT2D eigenvalue weighted by Gasteiger charge is -2.15. The molecule has 1 unspecified atom stereocenters. The van der Waals surface area contributed by atoms with Crippen molar-refractivity contribution in [2.24, 2.45) is 0 Å². The molecular formula is C18H16N2O3P+. The molecule has 24 heavy (non-hydrogen) atoms. The van der Waals surface area contributed by atoms with Crippen LogP contribution in [-0.4, -0.2) is 4.89 Å². The number of nitrogen functional groups attached to an aromatic ring is 2. The zero-order chi connectivity index (χ0) is 17.1. The van der Waals surface area contributed by atoms with Gasteiger partial charge >= 0.3 is 8.25 Å². The molecule has 0 aliphatic carbocycles. The number of nitrogens with two attached hydrogens (primary N) is 2. The summed E-state index contributed by atoms with van der Waals surface area (Å²) in [5.74, 6) is 0.288. The van der Waals surface area contributed by atoms with E-state index in [1.165, 1.54) is 0 Å². The molecule has 0 aliphatic heterocycles. The van der Waals surface area contributed by atoms with Gasteiger partial charge in [-0.2, -0.15) is 0 Å². The second kappa shape index (κ2) is 6.71. The van der Waals surface area contributed by atoms with Gasteiger partial charge in [-0.25, -0.2) is 4.52 Å². The average Bonchev–Trinajstić information content (AvgIpc) is 2.57. The molecule has 6 heteroatoms. The van der Waals surface area contributed by atoms with E-state index in [9.17, 15) is 9.46 Å². The molecule has 1 atom stereocenters. The van der Waals surface area contributed by atoms with Crippen LogP contribution >= 0.6 is 8.25 Å². The third-order valence-electron chi connectivity index (χ3n) is 3.64. The Bertz CT molecular complexity index is 881. The largest absolute Gasteiger partial charge is 0.747 e. The molecule has 0 amide bonds. The van der Waals surface area contributed by atoms with Crippen LogP contribution < -0.4 is 16.0 Å². The predicted octanol–water partition coefficient (Wildman–Crippen LogP) is 4.21. The van der Waals surface area contributed by atoms with Gasteiger partial charge in [-0.1, -0.05) is 42.5 Å². The van der Waals surface area contributed by atoms with Crippen molar-refractivity contribution in [1.82, 2.24) is 0 Å². The summed E-state index contributed by atoms with van der Waals surface area (Å²) >= 11 is 0. The molecule has 0 heterocycles. The Kier molecular flexibility index (Phi) is 4.47. The molecule has 0 radical (unpaired) electrons. The molecule has 0 aliphatic rings. The number of benzene rings is 3. The van der Waals surface area contributed by atoms with E-state index in [0.717, 1.165) is 16.7 Å². The van der Waals surface area contributed by atoms with Crippen LogP contribution in [0.1, 0.15) is 0 Å². The highest BCUT2D eigenvalue weighted by molar-refractivity contribution is 7.32. The molecule has 0 saturated heterocycles. The van der Waals surface area contributed by atoms with Gasteiger partial charge in [0.2, 0.25) is 0 Å². The predicted molar refractivity (Wildman–Crippen MR) is 96.6 cm³/mol. The van der Waals surface area contributed by atoms with Gasteiger partial charge < -0.3 is 11.5 Å². The smallest absolute Gasteiger partial charge is 0.399 e. The molecule has 5 nitrogen and oxygen atoms in total. The Morgan fingerprint density at radius 1 is 0.792 bits per heavy atom. The fourth-order valence-electron chi connectivity index (χ4n) is 2.61. The van der Waals surface area contributed by atoms with E-state index in [1.54, 1.807) is 24.3 Å². The lowest BCUT2D eigenvalue weighted by Crippen LogP contribution is -1.97. The quantitative estimate of drug-likeness (QED) is 0.488. The second-order valence-electron chi connectivity index (χ2n) is 5.22. The van der Waals surface area contributed by atoms with Crippen LogP contribution in [0.5, 0.6) is 5.75 Å². The van der Waals surface area contributed by atoms with Crippen molar-refractivity contribution in [3.8, 4) is 28.0 Å². The molecule has 0 bridgehead atoms. The summed E-state index contributed by atoms with van der Waals surface area (Å²) < 4.78 is 16.3. The molecule has 3 rings (SSSR count). The number of hydrogen-bond acceptors (Lipinski definition) is 4. The van der Waals surface area contributed by atoms with Gasteiger partial charge in [-0.15, -0.1) is 4.89 Å². The third-order valence-corrected chi connectivity index (χ3v) is 3.99. The van der Waals surface area contributed by atoms with Gasteiger partial charge in [0.1, 0.15) is 0 Å². The van der Waals surface area contributed by atoms with Gasteiger partial charge in [0, 0.05) is 27.1 Å². The number of hydrogen-bond donors (Lipinski definition) is 3. The molecule has 120 valence electrons. The van der Waals surface area contributed by atoms with Crippen molar-refractivity contribution in [3.05, 3.63) is 66.7 Å². The molecule has 3 aromatic rings. The summed E-state index contributed by atoms with van der Waals surface area (Å²) in [4.78, 5) is 9.19. The van der Waals surface area contributed by atoms with Gasteiger partial charge in [-0.05, 0) is 35.4 Å². The highest BCUT2D eigenvalue weighted by Gasteiger charge is 2.23. The molecule has 5 N–H and O–H groups in total. The van der Waals surface area contributed by atoms with Gasteiger partial charge in [0.15, 0.2) is 5.75 Å². The fourth-order valence-corrected chi connectivity index (χ4v) is 2.93. The monoisotopic (exact) mass is 339 g/mol. The summed E-state index contributed by atoms with van der Waals surface area (Å²) in [6.07, 6.45) is 0. The lowest BCUT2D eigenvalue weighted by molar-refractivity contribution is 0.411. The molecule has 0 aromatic heterocycles. The Hall–Kier alpha value is -2.88. The first-order valence-corrected chi connectivity index (χ1v) is 8.37. The van der Waals surface area contributed by atoms with E-state index < -0.39 is 8.25 Å². The first kappa shape index (κ1) is 16.0. The van der Waals surface area contributed by atoms with E-state index in [4.69, 9.17) is 16.0 Å². The van der Waals surface area contributed by atoms with E-state index in [-0.39, 0.29) is 5.75 Å². The van der Waals surface area contributed by atoms with E-state index in [1.807, 2.05) is 42.5 Å².